The molecule has 0 heterocycles. The largest absolute Gasteiger partial charge is 0.507 e. The molecule has 2 rings (SSSR count). The first kappa shape index (κ1) is 16.0. The van der Waals surface area contributed by atoms with Gasteiger partial charge in [-0.1, -0.05) is 23.7 Å². The Labute approximate surface area is 123 Å². The molecule has 0 spiro atoms. The number of hydrogen-bond acceptors (Lipinski definition) is 4. The summed E-state index contributed by atoms with van der Waals surface area (Å²) in [4.78, 5) is 0. The Balaban J connectivity index is 0.000000200. The molecule has 5 heteroatoms. The van der Waals surface area contributed by atoms with Gasteiger partial charge in [0.1, 0.15) is 16.5 Å². The molecule has 0 aliphatic rings. The van der Waals surface area contributed by atoms with Gasteiger partial charge in [-0.25, -0.2) is 0 Å². The number of phenols is 2. The van der Waals surface area contributed by atoms with Gasteiger partial charge in [0.2, 0.25) is 0 Å². The van der Waals surface area contributed by atoms with Crippen LogP contribution in [-0.4, -0.2) is 10.2 Å². The van der Waals surface area contributed by atoms with Crippen molar-refractivity contribution in [3.8, 4) is 11.5 Å². The van der Waals surface area contributed by atoms with Crippen LogP contribution in [0.4, 0.5) is 11.4 Å². The SMILES string of the molecule is Cc1ccc(N)c(C)c1O.Cc1ccc(N)c(Cl)c1O. The Hall–Kier alpha value is -2.07. The van der Waals surface area contributed by atoms with Crippen molar-refractivity contribution >= 4 is 23.0 Å². The summed E-state index contributed by atoms with van der Waals surface area (Å²) in [6, 6.07) is 6.98. The molecule has 4 nitrogen and oxygen atoms in total. The van der Waals surface area contributed by atoms with Crippen LogP contribution in [0.15, 0.2) is 24.3 Å². The number of halogens is 1. The fraction of sp³-hybridized carbons (Fsp3) is 0.200. The third-order valence-corrected chi connectivity index (χ3v) is 3.42. The van der Waals surface area contributed by atoms with Crippen molar-refractivity contribution in [2.75, 3.05) is 11.5 Å². The van der Waals surface area contributed by atoms with E-state index in [1.54, 1.807) is 38.1 Å². The van der Waals surface area contributed by atoms with E-state index in [0.29, 0.717) is 17.1 Å². The molecule has 0 amide bonds. The highest BCUT2D eigenvalue weighted by Gasteiger charge is 2.03. The predicted octanol–water partition coefficient (Wildman–Crippen LogP) is 3.53. The lowest BCUT2D eigenvalue weighted by molar-refractivity contribution is 0.467. The maximum absolute atomic E-state index is 9.31. The second-order valence-electron chi connectivity index (χ2n) is 4.58. The minimum atomic E-state index is 0.0710. The summed E-state index contributed by atoms with van der Waals surface area (Å²) >= 11 is 5.61. The zero-order valence-electron chi connectivity index (χ0n) is 11.7. The summed E-state index contributed by atoms with van der Waals surface area (Å²) in [6.45, 7) is 5.42. The van der Waals surface area contributed by atoms with Crippen LogP contribution in [-0.2, 0) is 0 Å². The molecule has 0 aliphatic heterocycles. The van der Waals surface area contributed by atoms with E-state index in [4.69, 9.17) is 23.1 Å². The highest BCUT2D eigenvalue weighted by Crippen LogP contribution is 2.31. The minimum absolute atomic E-state index is 0.0710. The minimum Gasteiger partial charge on any atom is -0.507 e. The van der Waals surface area contributed by atoms with Crippen LogP contribution in [0.2, 0.25) is 5.02 Å². The summed E-state index contributed by atoms with van der Waals surface area (Å²) in [7, 11) is 0. The van der Waals surface area contributed by atoms with Crippen molar-refractivity contribution < 1.29 is 10.2 Å². The fourth-order valence-corrected chi connectivity index (χ4v) is 1.74. The number of aryl methyl sites for hydroxylation is 2. The van der Waals surface area contributed by atoms with Crippen molar-refractivity contribution in [1.82, 2.24) is 0 Å². The summed E-state index contributed by atoms with van der Waals surface area (Å²) in [5, 5.41) is 18.7. The Bertz CT molecular complexity index is 518. The van der Waals surface area contributed by atoms with Crippen LogP contribution in [0.5, 0.6) is 11.5 Å². The van der Waals surface area contributed by atoms with Crippen LogP contribution in [0.1, 0.15) is 16.7 Å². The van der Waals surface area contributed by atoms with Gasteiger partial charge in [0.05, 0.1) is 5.69 Å². The van der Waals surface area contributed by atoms with Crippen LogP contribution < -0.4 is 11.5 Å². The number of nitrogen functional groups attached to an aromatic ring is 2. The van der Waals surface area contributed by atoms with Crippen LogP contribution in [0.3, 0.4) is 0 Å². The van der Waals surface area contributed by atoms with Crippen molar-refractivity contribution in [3.05, 3.63) is 46.0 Å². The maximum Gasteiger partial charge on any atom is 0.139 e. The molecule has 0 aromatic heterocycles. The lowest BCUT2D eigenvalue weighted by Crippen LogP contribution is -1.90. The van der Waals surface area contributed by atoms with Crippen LogP contribution >= 0.6 is 11.6 Å². The van der Waals surface area contributed by atoms with Crippen LogP contribution in [0.25, 0.3) is 0 Å². The number of phenolic OH excluding ortho intramolecular Hbond substituents is 2. The van der Waals surface area contributed by atoms with Gasteiger partial charge in [-0.15, -0.1) is 0 Å². The maximum atomic E-state index is 9.31. The predicted molar refractivity (Wildman–Crippen MR) is 84.3 cm³/mol. The lowest BCUT2D eigenvalue weighted by atomic mass is 10.1. The number of aromatic hydroxyl groups is 2. The quantitative estimate of drug-likeness (QED) is 0.559. The fourth-order valence-electron chi connectivity index (χ4n) is 1.53. The van der Waals surface area contributed by atoms with Gasteiger partial charge in [0.25, 0.3) is 0 Å². The molecule has 0 fully saturated rings. The van der Waals surface area contributed by atoms with E-state index in [1.165, 1.54) is 0 Å². The van der Waals surface area contributed by atoms with E-state index in [1.807, 2.05) is 6.92 Å². The molecule has 0 atom stereocenters. The van der Waals surface area contributed by atoms with E-state index in [9.17, 15) is 10.2 Å². The van der Waals surface area contributed by atoms with E-state index in [-0.39, 0.29) is 10.8 Å². The molecule has 0 aliphatic carbocycles. The summed E-state index contributed by atoms with van der Waals surface area (Å²) in [5.41, 5.74) is 14.3. The number of benzene rings is 2. The second kappa shape index (κ2) is 6.39. The monoisotopic (exact) mass is 294 g/mol. The Kier molecular flexibility index (Phi) is 5.11. The van der Waals surface area contributed by atoms with E-state index in [0.717, 1.165) is 16.7 Å². The van der Waals surface area contributed by atoms with Crippen molar-refractivity contribution in [2.45, 2.75) is 20.8 Å². The topological polar surface area (TPSA) is 92.5 Å². The molecule has 2 aromatic carbocycles. The number of anilines is 2. The Morgan fingerprint density at radius 3 is 1.70 bits per heavy atom. The summed E-state index contributed by atoms with van der Waals surface area (Å²) < 4.78 is 0. The van der Waals surface area contributed by atoms with Crippen molar-refractivity contribution in [2.24, 2.45) is 0 Å². The van der Waals surface area contributed by atoms with Crippen molar-refractivity contribution in [1.29, 1.82) is 0 Å². The lowest BCUT2D eigenvalue weighted by Gasteiger charge is -2.04. The van der Waals surface area contributed by atoms with E-state index >= 15 is 0 Å². The van der Waals surface area contributed by atoms with Gasteiger partial charge < -0.3 is 21.7 Å². The molecular formula is C15H19ClN2O2. The van der Waals surface area contributed by atoms with Gasteiger partial charge in [0.15, 0.2) is 0 Å². The normalized spacial score (nSPS) is 9.80. The summed E-state index contributed by atoms with van der Waals surface area (Å²) in [5.74, 6) is 0.377. The van der Waals surface area contributed by atoms with Crippen molar-refractivity contribution in [3.63, 3.8) is 0 Å². The van der Waals surface area contributed by atoms with Gasteiger partial charge in [-0.05, 0) is 44.0 Å². The first-order valence-corrected chi connectivity index (χ1v) is 6.41. The van der Waals surface area contributed by atoms with Gasteiger partial charge in [-0.2, -0.15) is 0 Å². The highest BCUT2D eigenvalue weighted by atomic mass is 35.5. The number of nitrogens with two attached hydrogens (primary N) is 2. The second-order valence-corrected chi connectivity index (χ2v) is 4.96. The Morgan fingerprint density at radius 2 is 1.25 bits per heavy atom. The summed E-state index contributed by atoms with van der Waals surface area (Å²) in [6.07, 6.45) is 0. The first-order valence-electron chi connectivity index (χ1n) is 6.03. The number of rotatable bonds is 0. The third-order valence-electron chi connectivity index (χ3n) is 3.02. The standard InChI is InChI=1S/C8H11NO.C7H8ClNO/c1-5-3-4-7(9)6(2)8(5)10;1-4-2-3-5(9)6(8)7(4)10/h3-4,10H,9H2,1-2H3;2-3,10H,9H2,1H3. The zero-order valence-corrected chi connectivity index (χ0v) is 12.5. The number of hydrogen-bond donors (Lipinski definition) is 4. The molecule has 108 valence electrons. The average molecular weight is 295 g/mol. The molecule has 0 radical (unpaired) electrons. The van der Waals surface area contributed by atoms with Gasteiger partial charge >= 0.3 is 0 Å². The van der Waals surface area contributed by atoms with Gasteiger partial charge in [-0.3, -0.25) is 0 Å². The Morgan fingerprint density at radius 1 is 0.800 bits per heavy atom. The van der Waals surface area contributed by atoms with E-state index in [2.05, 4.69) is 0 Å². The molecule has 0 saturated carbocycles. The zero-order chi connectivity index (χ0) is 15.4. The molecule has 0 unspecified atom stereocenters. The molecule has 2 aromatic rings. The highest BCUT2D eigenvalue weighted by molar-refractivity contribution is 6.34. The smallest absolute Gasteiger partial charge is 0.139 e. The molecular weight excluding hydrogens is 276 g/mol. The first-order chi connectivity index (χ1) is 9.25. The molecule has 0 bridgehead atoms. The average Bonchev–Trinajstić information content (AvgIpc) is 2.43. The van der Waals surface area contributed by atoms with Gasteiger partial charge in [0, 0.05) is 11.3 Å². The van der Waals surface area contributed by atoms with Crippen LogP contribution in [0, 0.1) is 20.8 Å². The van der Waals surface area contributed by atoms with E-state index < -0.39 is 0 Å². The molecule has 20 heavy (non-hydrogen) atoms. The third kappa shape index (κ3) is 3.48. The molecule has 0 saturated heterocycles. The molecule has 6 N–H and O–H groups in total.